The van der Waals surface area contributed by atoms with Crippen LogP contribution < -0.4 is 0 Å². The van der Waals surface area contributed by atoms with Crippen molar-refractivity contribution in [1.82, 2.24) is 9.55 Å². The third-order valence-corrected chi connectivity index (χ3v) is 4.09. The van der Waals surface area contributed by atoms with Crippen LogP contribution >= 0.6 is 23.8 Å². The fraction of sp³-hybridized carbons (Fsp3) is 0.188. The highest BCUT2D eigenvalue weighted by atomic mass is 35.5. The van der Waals surface area contributed by atoms with E-state index in [9.17, 15) is 0 Å². The van der Waals surface area contributed by atoms with Gasteiger partial charge in [0, 0.05) is 5.69 Å². The van der Waals surface area contributed by atoms with Gasteiger partial charge in [-0.3, -0.25) is 4.57 Å². The number of aromatic nitrogens is 2. The zero-order valence-corrected chi connectivity index (χ0v) is 12.9. The average Bonchev–Trinajstić information content (AvgIpc) is 2.77. The van der Waals surface area contributed by atoms with Crippen molar-refractivity contribution in [3.63, 3.8) is 0 Å². The number of hydrogen-bond acceptors (Lipinski definition) is 1. The minimum Gasteiger partial charge on any atom is -0.329 e. The van der Waals surface area contributed by atoms with Gasteiger partial charge < -0.3 is 4.98 Å². The van der Waals surface area contributed by atoms with Crippen LogP contribution in [0.2, 0.25) is 5.02 Å². The Morgan fingerprint density at radius 1 is 1.10 bits per heavy atom. The van der Waals surface area contributed by atoms with Gasteiger partial charge in [0.25, 0.3) is 0 Å². The minimum absolute atomic E-state index is 0.523. The molecule has 1 heterocycles. The lowest BCUT2D eigenvalue weighted by molar-refractivity contribution is 0.865. The predicted octanol–water partition coefficient (Wildman–Crippen LogP) is 5.46. The normalized spacial score (nSPS) is 11.4. The monoisotopic (exact) mass is 302 g/mol. The second-order valence-corrected chi connectivity index (χ2v) is 5.94. The lowest BCUT2D eigenvalue weighted by Crippen LogP contribution is -1.95. The molecule has 0 aliphatic heterocycles. The Kier molecular flexibility index (Phi) is 3.40. The molecule has 0 bridgehead atoms. The second-order valence-electron chi connectivity index (χ2n) is 5.15. The van der Waals surface area contributed by atoms with E-state index in [0.29, 0.717) is 15.7 Å². The third-order valence-electron chi connectivity index (χ3n) is 3.49. The van der Waals surface area contributed by atoms with Gasteiger partial charge in [-0.05, 0) is 48.0 Å². The summed E-state index contributed by atoms with van der Waals surface area (Å²) in [6.07, 6.45) is 0. The molecule has 0 unspecified atom stereocenters. The maximum atomic E-state index is 6.21. The zero-order valence-electron chi connectivity index (χ0n) is 11.4. The van der Waals surface area contributed by atoms with Gasteiger partial charge in [0.05, 0.1) is 16.1 Å². The molecule has 0 aliphatic rings. The summed E-state index contributed by atoms with van der Waals surface area (Å²) in [5, 5.41) is 0.686. The molecule has 1 aromatic heterocycles. The summed E-state index contributed by atoms with van der Waals surface area (Å²) in [6, 6.07) is 14.3. The summed E-state index contributed by atoms with van der Waals surface area (Å²) in [5.41, 5.74) is 4.25. The molecule has 1 N–H and O–H groups in total. The number of H-pyrrole nitrogens is 1. The molecule has 3 aromatic rings. The molecule has 0 aliphatic carbocycles. The van der Waals surface area contributed by atoms with Crippen LogP contribution in [0.5, 0.6) is 0 Å². The summed E-state index contributed by atoms with van der Waals surface area (Å²) < 4.78 is 2.67. The van der Waals surface area contributed by atoms with Crippen molar-refractivity contribution in [2.45, 2.75) is 19.8 Å². The Labute approximate surface area is 128 Å². The number of para-hydroxylation sites is 1. The van der Waals surface area contributed by atoms with E-state index in [-0.39, 0.29) is 0 Å². The smallest absolute Gasteiger partial charge is 0.182 e. The molecule has 0 atom stereocenters. The second kappa shape index (κ2) is 5.08. The molecule has 0 spiro atoms. The van der Waals surface area contributed by atoms with E-state index in [0.717, 1.165) is 16.7 Å². The van der Waals surface area contributed by atoms with Gasteiger partial charge in [0.15, 0.2) is 4.77 Å². The summed E-state index contributed by atoms with van der Waals surface area (Å²) in [7, 11) is 0. The third kappa shape index (κ3) is 2.17. The Balaban J connectivity index is 2.22. The number of nitrogens with zero attached hydrogens (tertiary/aromatic N) is 1. The first-order valence-corrected chi connectivity index (χ1v) is 7.36. The zero-order chi connectivity index (χ0) is 14.3. The highest BCUT2D eigenvalue weighted by molar-refractivity contribution is 7.71. The van der Waals surface area contributed by atoms with Crippen molar-refractivity contribution in [3.8, 4) is 5.69 Å². The summed E-state index contributed by atoms with van der Waals surface area (Å²) in [6.45, 7) is 4.37. The van der Waals surface area contributed by atoms with Crippen molar-refractivity contribution in [2.24, 2.45) is 0 Å². The van der Waals surface area contributed by atoms with Gasteiger partial charge in [0.1, 0.15) is 0 Å². The maximum Gasteiger partial charge on any atom is 0.182 e. The van der Waals surface area contributed by atoms with E-state index >= 15 is 0 Å². The number of fused-ring (bicyclic) bond motifs is 1. The first-order chi connectivity index (χ1) is 9.58. The SMILES string of the molecule is CC(C)c1ccc(-n2c(=S)[nH]c3c(Cl)cccc32)cc1. The van der Waals surface area contributed by atoms with Gasteiger partial charge >= 0.3 is 0 Å². The Morgan fingerprint density at radius 3 is 2.45 bits per heavy atom. The van der Waals surface area contributed by atoms with Crippen molar-refractivity contribution < 1.29 is 0 Å². The van der Waals surface area contributed by atoms with E-state index in [4.69, 9.17) is 23.8 Å². The number of benzene rings is 2. The van der Waals surface area contributed by atoms with E-state index < -0.39 is 0 Å². The highest BCUT2D eigenvalue weighted by Crippen LogP contribution is 2.26. The average molecular weight is 303 g/mol. The first kappa shape index (κ1) is 13.4. The molecular formula is C16H15ClN2S. The fourth-order valence-corrected chi connectivity index (χ4v) is 2.88. The minimum atomic E-state index is 0.523. The number of rotatable bonds is 2. The van der Waals surface area contributed by atoms with Crippen molar-refractivity contribution in [1.29, 1.82) is 0 Å². The molecular weight excluding hydrogens is 288 g/mol. The number of imidazole rings is 1. The molecule has 3 rings (SSSR count). The van der Waals surface area contributed by atoms with E-state index in [1.54, 1.807) is 0 Å². The highest BCUT2D eigenvalue weighted by Gasteiger charge is 2.09. The molecule has 0 saturated carbocycles. The number of halogens is 1. The number of aromatic amines is 1. The summed E-state index contributed by atoms with van der Waals surface area (Å²) >= 11 is 11.6. The molecule has 2 aromatic carbocycles. The molecule has 0 radical (unpaired) electrons. The van der Waals surface area contributed by atoms with Crippen molar-refractivity contribution in [2.75, 3.05) is 0 Å². The van der Waals surface area contributed by atoms with Crippen molar-refractivity contribution >= 4 is 34.9 Å². The molecule has 2 nitrogen and oxygen atoms in total. The number of hydrogen-bond donors (Lipinski definition) is 1. The van der Waals surface area contributed by atoms with Gasteiger partial charge in [-0.25, -0.2) is 0 Å². The summed E-state index contributed by atoms with van der Waals surface area (Å²) in [5.74, 6) is 0.523. The Morgan fingerprint density at radius 2 is 1.80 bits per heavy atom. The van der Waals surface area contributed by atoms with Crippen LogP contribution in [0, 0.1) is 4.77 Å². The van der Waals surface area contributed by atoms with Gasteiger partial charge in [-0.2, -0.15) is 0 Å². The van der Waals surface area contributed by atoms with E-state index in [1.807, 2.05) is 22.8 Å². The fourth-order valence-electron chi connectivity index (χ4n) is 2.36. The lowest BCUT2D eigenvalue weighted by Gasteiger charge is -2.08. The van der Waals surface area contributed by atoms with Crippen LogP contribution in [0.15, 0.2) is 42.5 Å². The van der Waals surface area contributed by atoms with Gasteiger partial charge in [0.2, 0.25) is 0 Å². The first-order valence-electron chi connectivity index (χ1n) is 6.57. The Hall–Kier alpha value is -1.58. The van der Waals surface area contributed by atoms with Gasteiger partial charge in [-0.1, -0.05) is 43.6 Å². The quantitative estimate of drug-likeness (QED) is 0.623. The molecule has 0 amide bonds. The van der Waals surface area contributed by atoms with E-state index in [1.165, 1.54) is 5.56 Å². The molecule has 0 saturated heterocycles. The largest absolute Gasteiger partial charge is 0.329 e. The number of nitrogens with one attached hydrogen (secondary N) is 1. The van der Waals surface area contributed by atoms with Crippen molar-refractivity contribution in [3.05, 3.63) is 57.8 Å². The van der Waals surface area contributed by atoms with E-state index in [2.05, 4.69) is 43.1 Å². The summed E-state index contributed by atoms with van der Waals surface area (Å²) in [4.78, 5) is 3.18. The van der Waals surface area contributed by atoms with Crippen LogP contribution in [0.3, 0.4) is 0 Å². The van der Waals surface area contributed by atoms with Crippen LogP contribution in [0.4, 0.5) is 0 Å². The predicted molar refractivity (Wildman–Crippen MR) is 87.6 cm³/mol. The van der Waals surface area contributed by atoms with Gasteiger partial charge in [-0.15, -0.1) is 0 Å². The molecule has 20 heavy (non-hydrogen) atoms. The Bertz CT molecular complexity index is 813. The lowest BCUT2D eigenvalue weighted by atomic mass is 10.0. The topological polar surface area (TPSA) is 20.7 Å². The maximum absolute atomic E-state index is 6.21. The molecule has 0 fully saturated rings. The van der Waals surface area contributed by atoms with Crippen LogP contribution in [-0.4, -0.2) is 9.55 Å². The van der Waals surface area contributed by atoms with Crippen LogP contribution in [0.25, 0.3) is 16.7 Å². The standard InChI is InChI=1S/C16H15ClN2S/c1-10(2)11-6-8-12(9-7-11)19-14-5-3-4-13(17)15(14)18-16(19)20/h3-10H,1-2H3,(H,18,20). The molecule has 4 heteroatoms. The molecule has 102 valence electrons. The van der Waals surface area contributed by atoms with Crippen LogP contribution in [-0.2, 0) is 0 Å². The van der Waals surface area contributed by atoms with Crippen LogP contribution in [0.1, 0.15) is 25.3 Å².